The number of ether oxygens (including phenoxy) is 4. The summed E-state index contributed by atoms with van der Waals surface area (Å²) >= 11 is 7.01. The van der Waals surface area contributed by atoms with Crippen LogP contribution in [0.5, 0.6) is 17.2 Å². The summed E-state index contributed by atoms with van der Waals surface area (Å²) in [5.74, 6) is 3.70. The molecule has 0 radical (unpaired) electrons. The Kier molecular flexibility index (Phi) is 33.6. The van der Waals surface area contributed by atoms with Gasteiger partial charge < -0.3 is 55.0 Å². The van der Waals surface area contributed by atoms with Crippen LogP contribution >= 0.6 is 59.2 Å². The SMILES string of the molecule is CC(C)Oc1ccc(B(O)O)cc1.CC(C)Oc1ccc(C2CN(C(=O)OC(C)(C)C)C2)cc1.CC(C)Oc1ccc(C2CNC2)cc1.CN1CC(I)C1.Cl.Cl.N=NN=NCl.N[C@@H]1CCCC[C@H]1O. The van der Waals surface area contributed by atoms with Gasteiger partial charge in [0, 0.05) is 61.1 Å². The molecule has 0 spiro atoms. The van der Waals surface area contributed by atoms with E-state index < -0.39 is 12.7 Å². The standard InChI is InChI=1S/C17H25NO3.C12H17NO.C9H13BO3.C6H13NO.C4H8IN.ClHN4.2ClH/c1-12(2)20-15-8-6-13(7-9-15)14-10-18(11-14)16(19)21-17(3,4)5;1-9(2)14-12-5-3-10(4-6-12)11-7-13-8-11;1-7(2)13-9-5-3-8(4-6-9)10(11)12;7-5-3-1-2-4-6(5)8;1-6-2-4(5)3-6;1-3-5-4-2;;/h6-9,12,14H,10-11H2,1-5H3;3-6,9,11,13H,7-8H2,1-2H3;3-7,11-12H,1-2H3;5-6,8H,1-4,7H2;4H,2-3H2,1H3;2H;2*1H/t;;;5-,6-;;;;/m...1..../s1. The maximum atomic E-state index is 11.9. The Morgan fingerprint density at radius 3 is 1.46 bits per heavy atom. The quantitative estimate of drug-likeness (QED) is 0.0369. The second-order valence-electron chi connectivity index (χ2n) is 18.6. The number of aliphatic hydroxyl groups excluding tert-OH is 1. The smallest absolute Gasteiger partial charge is 0.488 e. The first-order valence-corrected chi connectivity index (χ1v) is 24.7. The van der Waals surface area contributed by atoms with E-state index in [2.05, 4.69) is 103 Å². The molecule has 390 valence electrons. The third-order valence-corrected chi connectivity index (χ3v) is 11.0. The van der Waals surface area contributed by atoms with Crippen molar-refractivity contribution in [2.45, 2.75) is 140 Å². The molecule has 69 heavy (non-hydrogen) atoms. The van der Waals surface area contributed by atoms with Gasteiger partial charge in [0.2, 0.25) is 0 Å². The lowest BCUT2D eigenvalue weighted by molar-refractivity contribution is 0.00817. The van der Waals surface area contributed by atoms with Crippen LogP contribution in [0.4, 0.5) is 4.79 Å². The number of halogens is 4. The lowest BCUT2D eigenvalue weighted by atomic mass is 9.80. The molecular weight excluding hydrogens is 1060 g/mol. The molecule has 3 aliphatic heterocycles. The molecule has 7 rings (SSSR count). The first-order chi connectivity index (χ1) is 31.6. The highest BCUT2D eigenvalue weighted by molar-refractivity contribution is 14.1. The number of aliphatic hydroxyl groups is 1. The summed E-state index contributed by atoms with van der Waals surface area (Å²) < 4.78 is 25.5. The van der Waals surface area contributed by atoms with Crippen LogP contribution in [-0.4, -0.2) is 124 Å². The summed E-state index contributed by atoms with van der Waals surface area (Å²) in [6.07, 6.45) is 4.37. The van der Waals surface area contributed by atoms with Gasteiger partial charge in [-0.2, -0.15) is 5.53 Å². The van der Waals surface area contributed by atoms with Crippen molar-refractivity contribution in [1.29, 1.82) is 5.53 Å². The fourth-order valence-corrected chi connectivity index (χ4v) is 8.02. The normalized spacial score (nSPS) is 17.8. The lowest BCUT2D eigenvalue weighted by Crippen LogP contribution is -2.50. The molecule has 3 saturated heterocycles. The molecule has 1 aliphatic carbocycles. The van der Waals surface area contributed by atoms with E-state index in [0.717, 1.165) is 66.6 Å². The van der Waals surface area contributed by atoms with Crippen LogP contribution in [0.2, 0.25) is 0 Å². The molecule has 21 heteroatoms. The zero-order valence-electron chi connectivity index (χ0n) is 42.0. The predicted octanol–water partition coefficient (Wildman–Crippen LogP) is 9.49. The number of nitrogens with one attached hydrogen (secondary N) is 2. The summed E-state index contributed by atoms with van der Waals surface area (Å²) in [7, 11) is 0.739. The number of alkyl halides is 1. The van der Waals surface area contributed by atoms with Crippen molar-refractivity contribution in [3.8, 4) is 17.2 Å². The molecule has 16 nitrogen and oxygen atoms in total. The Balaban J connectivity index is 0.000000851. The third-order valence-electron chi connectivity index (χ3n) is 10.2. The van der Waals surface area contributed by atoms with Crippen molar-refractivity contribution in [3.05, 3.63) is 83.9 Å². The summed E-state index contributed by atoms with van der Waals surface area (Å²) in [5, 5.41) is 35.0. The molecule has 4 fully saturated rings. The van der Waals surface area contributed by atoms with E-state index in [1.807, 2.05) is 74.4 Å². The monoisotopic (exact) mass is 1140 g/mol. The Morgan fingerprint density at radius 1 is 0.783 bits per heavy atom. The molecule has 3 aromatic carbocycles. The van der Waals surface area contributed by atoms with E-state index in [1.165, 1.54) is 30.6 Å². The van der Waals surface area contributed by atoms with Gasteiger partial charge >= 0.3 is 13.2 Å². The number of rotatable bonds is 10. The van der Waals surface area contributed by atoms with E-state index in [9.17, 15) is 4.79 Å². The van der Waals surface area contributed by atoms with E-state index in [-0.39, 0.29) is 61.4 Å². The third kappa shape index (κ3) is 28.6. The predicted molar refractivity (Wildman–Crippen MR) is 291 cm³/mol. The fraction of sp³-hybridized carbons (Fsp3) is 0.604. The van der Waals surface area contributed by atoms with Crippen LogP contribution in [0.1, 0.15) is 111 Å². The van der Waals surface area contributed by atoms with E-state index >= 15 is 0 Å². The van der Waals surface area contributed by atoms with Crippen molar-refractivity contribution in [3.63, 3.8) is 0 Å². The number of hydrogen-bond acceptors (Lipinski definition) is 13. The fourth-order valence-electron chi connectivity index (χ4n) is 6.64. The number of amides is 1. The van der Waals surface area contributed by atoms with Crippen LogP contribution in [0.15, 0.2) is 87.9 Å². The Bertz CT molecular complexity index is 1820. The van der Waals surface area contributed by atoms with Crippen molar-refractivity contribution in [2.75, 3.05) is 46.3 Å². The molecule has 2 atom stereocenters. The number of nitrogens with zero attached hydrogens (tertiary/aromatic N) is 5. The van der Waals surface area contributed by atoms with Crippen molar-refractivity contribution in [2.24, 2.45) is 20.8 Å². The van der Waals surface area contributed by atoms with Crippen molar-refractivity contribution in [1.82, 2.24) is 15.1 Å². The maximum Gasteiger partial charge on any atom is 0.488 e. The number of carbonyl (C=O) groups excluding carboxylic acids is 1. The van der Waals surface area contributed by atoms with Gasteiger partial charge in [-0.15, -0.1) is 24.8 Å². The zero-order valence-corrected chi connectivity index (χ0v) is 46.5. The highest BCUT2D eigenvalue weighted by Gasteiger charge is 2.34. The van der Waals surface area contributed by atoms with Crippen molar-refractivity contribution < 1.29 is 38.9 Å². The number of nitrogens with two attached hydrogens (primary N) is 1. The van der Waals surface area contributed by atoms with Gasteiger partial charge in [0.05, 0.1) is 36.2 Å². The van der Waals surface area contributed by atoms with Gasteiger partial charge in [-0.3, -0.25) is 0 Å². The highest BCUT2D eigenvalue weighted by Crippen LogP contribution is 2.30. The summed E-state index contributed by atoms with van der Waals surface area (Å²) in [6.45, 7) is 23.9. The molecule has 0 aromatic heterocycles. The minimum absolute atomic E-state index is 0. The second kappa shape index (κ2) is 35.1. The summed E-state index contributed by atoms with van der Waals surface area (Å²) in [4.78, 5) is 15.9. The number of hydrogen-bond donors (Lipinski definition) is 6. The first kappa shape index (κ1) is 66.0. The Labute approximate surface area is 442 Å². The Hall–Kier alpha value is -3.05. The molecule has 1 saturated carbocycles. The number of benzene rings is 3. The van der Waals surface area contributed by atoms with Crippen LogP contribution in [0.25, 0.3) is 0 Å². The molecule has 7 N–H and O–H groups in total. The maximum absolute atomic E-state index is 11.9. The molecule has 0 bridgehead atoms. The van der Waals surface area contributed by atoms with E-state index in [4.69, 9.17) is 45.4 Å². The average Bonchev–Trinajstić information content (AvgIpc) is 3.19. The van der Waals surface area contributed by atoms with E-state index in [0.29, 0.717) is 17.3 Å². The zero-order chi connectivity index (χ0) is 50.1. The molecular formula is C48H79BCl3IN8O8. The number of likely N-dealkylation sites (tertiary alicyclic amines) is 2. The molecule has 3 aromatic rings. The minimum atomic E-state index is -1.41. The van der Waals surface area contributed by atoms with Gasteiger partial charge in [-0.25, -0.2) is 4.79 Å². The van der Waals surface area contributed by atoms with Crippen LogP contribution in [-0.2, 0) is 4.74 Å². The van der Waals surface area contributed by atoms with Gasteiger partial charge in [0.25, 0.3) is 0 Å². The number of carbonyl (C=O) groups is 1. The first-order valence-electron chi connectivity index (χ1n) is 23.1. The van der Waals surface area contributed by atoms with Crippen LogP contribution in [0.3, 0.4) is 0 Å². The largest absolute Gasteiger partial charge is 0.491 e. The minimum Gasteiger partial charge on any atom is -0.491 e. The Morgan fingerprint density at radius 2 is 1.20 bits per heavy atom. The van der Waals surface area contributed by atoms with Gasteiger partial charge in [0.15, 0.2) is 0 Å². The lowest BCUT2D eigenvalue weighted by Gasteiger charge is -2.40. The molecule has 0 unspecified atom stereocenters. The average molecular weight is 1140 g/mol. The molecule has 4 aliphatic rings. The summed E-state index contributed by atoms with van der Waals surface area (Å²) in [6, 6.07) is 23.4. The van der Waals surface area contributed by atoms with Crippen LogP contribution < -0.4 is 30.7 Å². The van der Waals surface area contributed by atoms with Crippen LogP contribution in [0, 0.1) is 5.53 Å². The van der Waals surface area contributed by atoms with Gasteiger partial charge in [0.1, 0.15) is 22.8 Å². The highest BCUT2D eigenvalue weighted by atomic mass is 127. The molecule has 1 amide bonds. The second-order valence-corrected chi connectivity index (χ2v) is 20.5. The van der Waals surface area contributed by atoms with Crippen molar-refractivity contribution >= 4 is 77.9 Å². The molecule has 3 heterocycles. The van der Waals surface area contributed by atoms with Gasteiger partial charge in [-0.05, 0) is 146 Å². The summed E-state index contributed by atoms with van der Waals surface area (Å²) in [5.41, 5.74) is 14.1. The topological polar surface area (TPSA) is 220 Å². The van der Waals surface area contributed by atoms with Gasteiger partial charge in [-0.1, -0.05) is 76.5 Å². The van der Waals surface area contributed by atoms with E-state index in [1.54, 1.807) is 29.2 Å².